The molecule has 0 amide bonds. The molecule has 0 aliphatic heterocycles. The van der Waals surface area contributed by atoms with E-state index >= 15 is 0 Å². The lowest BCUT2D eigenvalue weighted by molar-refractivity contribution is -0.183. The Hall–Kier alpha value is -0.259. The summed E-state index contributed by atoms with van der Waals surface area (Å²) < 4.78 is 12.3. The van der Waals surface area contributed by atoms with Crippen molar-refractivity contribution in [3.8, 4) is 0 Å². The molecule has 154 valence electrons. The SMILES string of the molecule is C=CC(=O)OC(CCC)([SiH](C)O[Si](C)(C)C)C(O)(CO)CC[Si](C)(C)C. The Morgan fingerprint density at radius 3 is 2.08 bits per heavy atom. The van der Waals surface area contributed by atoms with E-state index < -0.39 is 48.8 Å². The van der Waals surface area contributed by atoms with E-state index in [1.807, 2.05) is 13.5 Å². The molecule has 0 saturated heterocycles. The minimum atomic E-state index is -2.22. The fraction of sp³-hybridized carbons (Fsp3) is 0.833. The summed E-state index contributed by atoms with van der Waals surface area (Å²) in [4.78, 5) is 12.2. The fourth-order valence-electron chi connectivity index (χ4n) is 3.27. The molecule has 0 fully saturated rings. The Kier molecular flexibility index (Phi) is 9.69. The highest BCUT2D eigenvalue weighted by molar-refractivity contribution is 6.78. The zero-order valence-electron chi connectivity index (χ0n) is 18.0. The predicted octanol–water partition coefficient (Wildman–Crippen LogP) is 3.45. The average molecular weight is 421 g/mol. The second kappa shape index (κ2) is 9.79. The molecule has 0 aromatic rings. The van der Waals surface area contributed by atoms with Gasteiger partial charge in [-0.05, 0) is 39.0 Å². The van der Waals surface area contributed by atoms with Crippen molar-refractivity contribution in [2.75, 3.05) is 6.61 Å². The molecule has 8 heteroatoms. The van der Waals surface area contributed by atoms with Gasteiger partial charge < -0.3 is 19.1 Å². The fourth-order valence-corrected chi connectivity index (χ4v) is 11.4. The lowest BCUT2D eigenvalue weighted by atomic mass is 9.90. The van der Waals surface area contributed by atoms with Crippen molar-refractivity contribution in [1.29, 1.82) is 0 Å². The summed E-state index contributed by atoms with van der Waals surface area (Å²) in [5.41, 5.74) is -1.51. The molecule has 0 bridgehead atoms. The van der Waals surface area contributed by atoms with Gasteiger partial charge in [0.1, 0.15) is 5.60 Å². The average Bonchev–Trinajstić information content (AvgIpc) is 2.49. The molecule has 2 N–H and O–H groups in total. The van der Waals surface area contributed by atoms with E-state index in [1.54, 1.807) is 0 Å². The van der Waals surface area contributed by atoms with Crippen LogP contribution in [0.1, 0.15) is 26.2 Å². The van der Waals surface area contributed by atoms with E-state index in [9.17, 15) is 15.0 Å². The van der Waals surface area contributed by atoms with Crippen LogP contribution in [-0.2, 0) is 13.6 Å². The van der Waals surface area contributed by atoms with Gasteiger partial charge in [0.15, 0.2) is 13.5 Å². The number of ether oxygens (including phenoxy) is 1. The third-order valence-electron chi connectivity index (χ3n) is 4.60. The summed E-state index contributed by atoms with van der Waals surface area (Å²) in [7, 11) is -5.59. The largest absolute Gasteiger partial charge is 0.455 e. The van der Waals surface area contributed by atoms with Crippen molar-refractivity contribution >= 4 is 31.4 Å². The second-order valence-electron chi connectivity index (χ2n) is 9.39. The minimum Gasteiger partial charge on any atom is -0.455 e. The second-order valence-corrected chi connectivity index (χ2v) is 22.4. The molecule has 3 unspecified atom stereocenters. The quantitative estimate of drug-likeness (QED) is 0.287. The molecule has 0 aliphatic carbocycles. The van der Waals surface area contributed by atoms with Crippen LogP contribution in [0, 0.1) is 0 Å². The molecule has 0 radical (unpaired) electrons. The van der Waals surface area contributed by atoms with Crippen molar-refractivity contribution in [2.24, 2.45) is 0 Å². The molecule has 26 heavy (non-hydrogen) atoms. The predicted molar refractivity (Wildman–Crippen MR) is 116 cm³/mol. The van der Waals surface area contributed by atoms with Crippen molar-refractivity contribution in [2.45, 2.75) is 88.9 Å². The number of esters is 1. The van der Waals surface area contributed by atoms with Crippen molar-refractivity contribution in [3.05, 3.63) is 12.7 Å². The monoisotopic (exact) mass is 420 g/mol. The standard InChI is InChI=1S/C18H40O5Si3/c1-10-12-18(22-16(20)11-2,24(3)23-26(7,8)9)17(21,15-19)13-14-25(4,5)6/h11,19,21,24H,2,10,12-15H2,1,3-9H3. The van der Waals surface area contributed by atoms with Gasteiger partial charge in [-0.25, -0.2) is 4.79 Å². The van der Waals surface area contributed by atoms with Gasteiger partial charge in [-0.2, -0.15) is 0 Å². The van der Waals surface area contributed by atoms with Gasteiger partial charge in [0.2, 0.25) is 9.04 Å². The Balaban J connectivity index is 6.17. The maximum Gasteiger partial charge on any atom is 0.330 e. The van der Waals surface area contributed by atoms with E-state index in [1.165, 1.54) is 0 Å². The Morgan fingerprint density at radius 2 is 1.73 bits per heavy atom. The lowest BCUT2D eigenvalue weighted by Crippen LogP contribution is -2.68. The van der Waals surface area contributed by atoms with Crippen LogP contribution in [0.2, 0.25) is 51.9 Å². The number of carbonyl (C=O) groups is 1. The van der Waals surface area contributed by atoms with E-state index in [-0.39, 0.29) is 0 Å². The highest BCUT2D eigenvalue weighted by Crippen LogP contribution is 2.40. The molecule has 0 heterocycles. The first kappa shape index (κ1) is 25.7. The smallest absolute Gasteiger partial charge is 0.330 e. The van der Waals surface area contributed by atoms with E-state index in [0.717, 1.165) is 12.1 Å². The summed E-state index contributed by atoms with van der Waals surface area (Å²) in [6.07, 6.45) is 2.70. The third kappa shape index (κ3) is 7.40. The van der Waals surface area contributed by atoms with Crippen LogP contribution in [-0.4, -0.2) is 59.0 Å². The summed E-state index contributed by atoms with van der Waals surface area (Å²) >= 11 is 0. The third-order valence-corrected chi connectivity index (χ3v) is 12.8. The zero-order chi connectivity index (χ0) is 20.8. The van der Waals surface area contributed by atoms with Gasteiger partial charge in [0, 0.05) is 14.1 Å². The summed E-state index contributed by atoms with van der Waals surface area (Å²) in [6, 6.07) is 0.829. The van der Waals surface area contributed by atoms with Crippen LogP contribution < -0.4 is 0 Å². The summed E-state index contributed by atoms with van der Waals surface area (Å²) in [5.74, 6) is -0.572. The maximum absolute atomic E-state index is 12.2. The molecule has 5 nitrogen and oxygen atoms in total. The molecular weight excluding hydrogens is 380 g/mol. The lowest BCUT2D eigenvalue weighted by Gasteiger charge is -2.50. The first-order chi connectivity index (χ1) is 11.7. The molecule has 0 aliphatic rings. The molecule has 0 rings (SSSR count). The number of aliphatic hydroxyl groups excluding tert-OH is 1. The van der Waals surface area contributed by atoms with Crippen LogP contribution in [0.5, 0.6) is 0 Å². The number of hydrogen-bond acceptors (Lipinski definition) is 5. The summed E-state index contributed by atoms with van der Waals surface area (Å²) in [5, 5.41) is 20.6. The number of hydrogen-bond donors (Lipinski definition) is 2. The van der Waals surface area contributed by atoms with Crippen LogP contribution in [0.4, 0.5) is 0 Å². The van der Waals surface area contributed by atoms with Crippen LogP contribution >= 0.6 is 0 Å². The van der Waals surface area contributed by atoms with Gasteiger partial charge in [-0.1, -0.05) is 45.6 Å². The van der Waals surface area contributed by atoms with Crippen LogP contribution in [0.15, 0.2) is 12.7 Å². The van der Waals surface area contributed by atoms with Gasteiger partial charge in [-0.3, -0.25) is 0 Å². The highest BCUT2D eigenvalue weighted by atomic mass is 28.4. The van der Waals surface area contributed by atoms with Crippen molar-refractivity contribution in [3.63, 3.8) is 0 Å². The number of carbonyl (C=O) groups excluding carboxylic acids is 1. The Labute approximate surface area is 163 Å². The number of aliphatic hydroxyl groups is 2. The van der Waals surface area contributed by atoms with E-state index in [2.05, 4.69) is 45.9 Å². The molecule has 0 aromatic carbocycles. The van der Waals surface area contributed by atoms with Gasteiger partial charge >= 0.3 is 5.97 Å². The van der Waals surface area contributed by atoms with Crippen molar-refractivity contribution < 1.29 is 23.9 Å². The van der Waals surface area contributed by atoms with Gasteiger partial charge in [0.05, 0.1) is 6.61 Å². The Bertz CT molecular complexity index is 472. The molecular formula is C18H40O5Si3. The normalized spacial score (nSPS) is 18.5. The Morgan fingerprint density at radius 1 is 1.19 bits per heavy atom. The maximum atomic E-state index is 12.2. The van der Waals surface area contributed by atoms with Gasteiger partial charge in [-0.15, -0.1) is 0 Å². The van der Waals surface area contributed by atoms with E-state index in [4.69, 9.17) is 8.85 Å². The topological polar surface area (TPSA) is 76.0 Å². The molecule has 3 atom stereocenters. The molecule has 0 aromatic heterocycles. The van der Waals surface area contributed by atoms with Gasteiger partial charge in [0.25, 0.3) is 0 Å². The highest BCUT2D eigenvalue weighted by Gasteiger charge is 2.58. The first-order valence-corrected chi connectivity index (χ1v) is 18.8. The van der Waals surface area contributed by atoms with Crippen LogP contribution in [0.25, 0.3) is 0 Å². The van der Waals surface area contributed by atoms with Crippen molar-refractivity contribution in [1.82, 2.24) is 0 Å². The molecule has 0 spiro atoms. The van der Waals surface area contributed by atoms with Crippen LogP contribution in [0.3, 0.4) is 0 Å². The molecule has 0 saturated carbocycles. The first-order valence-electron chi connectivity index (χ1n) is 9.53. The number of rotatable bonds is 12. The zero-order valence-corrected chi connectivity index (χ0v) is 21.2. The minimum absolute atomic E-state index is 0.399. The van der Waals surface area contributed by atoms with E-state index in [0.29, 0.717) is 19.3 Å². The summed E-state index contributed by atoms with van der Waals surface area (Å²) in [6.45, 7) is 19.9.